The number of hydrogen-bond acceptors (Lipinski definition) is 3. The number of fused-ring (bicyclic) bond motifs is 2. The summed E-state index contributed by atoms with van der Waals surface area (Å²) in [4.78, 5) is 25.5. The van der Waals surface area contributed by atoms with Gasteiger partial charge in [-0.1, -0.05) is 23.8 Å². The van der Waals surface area contributed by atoms with Gasteiger partial charge in [0.15, 0.2) is 0 Å². The highest BCUT2D eigenvalue weighted by Gasteiger charge is 2.58. The predicted octanol–water partition coefficient (Wildman–Crippen LogP) is 3.02. The summed E-state index contributed by atoms with van der Waals surface area (Å²) >= 11 is 1.27. The van der Waals surface area contributed by atoms with Gasteiger partial charge in [-0.2, -0.15) is 0 Å². The highest BCUT2D eigenvalue weighted by atomic mass is 32.2. The maximum atomic E-state index is 13.6. The van der Waals surface area contributed by atoms with Crippen molar-refractivity contribution in [1.82, 2.24) is 0 Å². The van der Waals surface area contributed by atoms with Gasteiger partial charge in [-0.3, -0.25) is 14.5 Å². The summed E-state index contributed by atoms with van der Waals surface area (Å²) < 4.78 is 13.6. The van der Waals surface area contributed by atoms with Crippen LogP contribution in [0.3, 0.4) is 0 Å². The van der Waals surface area contributed by atoms with Gasteiger partial charge in [0.1, 0.15) is 5.82 Å². The van der Waals surface area contributed by atoms with Crippen molar-refractivity contribution in [2.24, 2.45) is 0 Å². The minimum atomic E-state index is -1.16. The predicted molar refractivity (Wildman–Crippen MR) is 87.8 cm³/mol. The molecule has 23 heavy (non-hydrogen) atoms. The number of anilines is 2. The van der Waals surface area contributed by atoms with E-state index in [1.54, 1.807) is 12.1 Å². The Bertz CT molecular complexity index is 854. The van der Waals surface area contributed by atoms with Crippen LogP contribution in [0.2, 0.25) is 0 Å². The van der Waals surface area contributed by atoms with E-state index in [1.807, 2.05) is 25.1 Å². The fourth-order valence-corrected chi connectivity index (χ4v) is 4.46. The molecule has 1 fully saturated rings. The Balaban J connectivity index is 1.95. The average Bonchev–Trinajstić information content (AvgIpc) is 2.99. The number of thioether (sulfide) groups is 1. The van der Waals surface area contributed by atoms with Gasteiger partial charge in [-0.05, 0) is 31.2 Å². The molecule has 1 saturated heterocycles. The molecule has 4 nitrogen and oxygen atoms in total. The van der Waals surface area contributed by atoms with E-state index in [-0.39, 0.29) is 17.6 Å². The van der Waals surface area contributed by atoms with Crippen LogP contribution in [0.25, 0.3) is 0 Å². The van der Waals surface area contributed by atoms with Crippen LogP contribution in [0, 0.1) is 12.7 Å². The fourth-order valence-electron chi connectivity index (χ4n) is 3.15. The summed E-state index contributed by atoms with van der Waals surface area (Å²) in [5.41, 5.74) is 2.84. The zero-order valence-electron chi connectivity index (χ0n) is 12.3. The third kappa shape index (κ3) is 1.91. The number of rotatable bonds is 1. The van der Waals surface area contributed by atoms with Crippen molar-refractivity contribution in [3.63, 3.8) is 0 Å². The Labute approximate surface area is 136 Å². The zero-order chi connectivity index (χ0) is 16.2. The van der Waals surface area contributed by atoms with Crippen LogP contribution >= 0.6 is 11.8 Å². The van der Waals surface area contributed by atoms with Crippen LogP contribution in [0.15, 0.2) is 42.5 Å². The summed E-state index contributed by atoms with van der Waals surface area (Å²) in [5, 5.41) is 2.84. The number of benzene rings is 2. The monoisotopic (exact) mass is 328 g/mol. The number of carbonyl (C=O) groups is 2. The average molecular weight is 328 g/mol. The van der Waals surface area contributed by atoms with Crippen LogP contribution in [-0.2, 0) is 14.5 Å². The van der Waals surface area contributed by atoms with Gasteiger partial charge < -0.3 is 5.32 Å². The molecule has 0 saturated carbocycles. The molecule has 2 aromatic rings. The van der Waals surface area contributed by atoms with Crippen LogP contribution in [0.1, 0.15) is 11.1 Å². The number of carbonyl (C=O) groups excluding carboxylic acids is 2. The first-order valence-electron chi connectivity index (χ1n) is 7.17. The second-order valence-electron chi connectivity index (χ2n) is 5.64. The van der Waals surface area contributed by atoms with Gasteiger partial charge in [-0.25, -0.2) is 4.39 Å². The maximum Gasteiger partial charge on any atom is 0.266 e. The van der Waals surface area contributed by atoms with E-state index < -0.39 is 10.7 Å². The number of nitrogens with one attached hydrogen (secondary N) is 1. The van der Waals surface area contributed by atoms with Crippen molar-refractivity contribution in [3.05, 3.63) is 59.4 Å². The molecular weight excluding hydrogens is 315 g/mol. The molecule has 2 aromatic carbocycles. The third-order valence-electron chi connectivity index (χ3n) is 4.13. The van der Waals surface area contributed by atoms with Crippen LogP contribution in [-0.4, -0.2) is 17.6 Å². The van der Waals surface area contributed by atoms with Gasteiger partial charge in [0, 0.05) is 16.9 Å². The lowest BCUT2D eigenvalue weighted by atomic mass is 10.0. The lowest BCUT2D eigenvalue weighted by Gasteiger charge is -2.32. The maximum absolute atomic E-state index is 13.6. The highest BCUT2D eigenvalue weighted by molar-refractivity contribution is 8.02. The molecule has 0 bridgehead atoms. The van der Waals surface area contributed by atoms with Crippen LogP contribution < -0.4 is 10.2 Å². The first-order chi connectivity index (χ1) is 11.0. The molecule has 2 aliphatic rings. The Hall–Kier alpha value is -2.34. The topological polar surface area (TPSA) is 49.4 Å². The molecular formula is C17H13FN2O2S. The van der Waals surface area contributed by atoms with E-state index in [9.17, 15) is 14.0 Å². The molecule has 0 aliphatic carbocycles. The van der Waals surface area contributed by atoms with Gasteiger partial charge in [-0.15, -0.1) is 11.8 Å². The largest absolute Gasteiger partial charge is 0.323 e. The summed E-state index contributed by atoms with van der Waals surface area (Å²) in [6, 6.07) is 11.4. The molecule has 0 aromatic heterocycles. The summed E-state index contributed by atoms with van der Waals surface area (Å²) in [6.07, 6.45) is 0. The van der Waals surface area contributed by atoms with E-state index in [1.165, 1.54) is 28.8 Å². The minimum absolute atomic E-state index is 0.178. The molecule has 1 unspecified atom stereocenters. The van der Waals surface area contributed by atoms with Gasteiger partial charge >= 0.3 is 0 Å². The first-order valence-corrected chi connectivity index (χ1v) is 8.16. The molecule has 4 rings (SSSR count). The summed E-state index contributed by atoms with van der Waals surface area (Å²) in [6.45, 7) is 1.94. The third-order valence-corrected chi connectivity index (χ3v) is 5.53. The quantitative estimate of drug-likeness (QED) is 0.875. The van der Waals surface area contributed by atoms with Crippen LogP contribution in [0.5, 0.6) is 0 Å². The minimum Gasteiger partial charge on any atom is -0.323 e. The Morgan fingerprint density at radius 1 is 1.22 bits per heavy atom. The van der Waals surface area contributed by atoms with Crippen molar-refractivity contribution in [2.45, 2.75) is 11.8 Å². The van der Waals surface area contributed by atoms with E-state index in [0.717, 1.165) is 11.1 Å². The lowest BCUT2D eigenvalue weighted by Crippen LogP contribution is -2.47. The molecule has 0 radical (unpaired) electrons. The number of hydrogen-bond donors (Lipinski definition) is 1. The van der Waals surface area contributed by atoms with Gasteiger partial charge in [0.25, 0.3) is 5.91 Å². The van der Waals surface area contributed by atoms with E-state index in [0.29, 0.717) is 11.4 Å². The standard InChI is InChI=1S/C17H13FN2O2S/c1-10-5-6-14-13(7-10)17(16(22)19-14)20(15(21)9-23-17)12-4-2-3-11(18)8-12/h2-8H,9H2,1H3,(H,19,22). The second-order valence-corrected chi connectivity index (χ2v) is 6.81. The molecule has 2 heterocycles. The van der Waals surface area contributed by atoms with E-state index in [4.69, 9.17) is 0 Å². The number of halogens is 1. The highest BCUT2D eigenvalue weighted by Crippen LogP contribution is 2.53. The van der Waals surface area contributed by atoms with Gasteiger partial charge in [0.2, 0.25) is 10.8 Å². The summed E-state index contributed by atoms with van der Waals surface area (Å²) in [7, 11) is 0. The molecule has 2 aliphatic heterocycles. The Morgan fingerprint density at radius 2 is 2.04 bits per heavy atom. The van der Waals surface area contributed by atoms with Crippen molar-refractivity contribution in [2.75, 3.05) is 16.0 Å². The SMILES string of the molecule is Cc1ccc2c(c1)C1(SCC(=O)N1c1cccc(F)c1)C(=O)N2. The smallest absolute Gasteiger partial charge is 0.266 e. The normalized spacial score (nSPS) is 22.6. The molecule has 2 amide bonds. The van der Waals surface area contributed by atoms with Crippen molar-refractivity contribution in [1.29, 1.82) is 0 Å². The van der Waals surface area contributed by atoms with Crippen molar-refractivity contribution >= 4 is 35.0 Å². The van der Waals surface area contributed by atoms with Gasteiger partial charge in [0.05, 0.1) is 5.75 Å². The molecule has 6 heteroatoms. The van der Waals surface area contributed by atoms with Crippen molar-refractivity contribution in [3.8, 4) is 0 Å². The molecule has 116 valence electrons. The number of nitrogens with zero attached hydrogens (tertiary/aromatic N) is 1. The Morgan fingerprint density at radius 3 is 2.83 bits per heavy atom. The number of amides is 2. The lowest BCUT2D eigenvalue weighted by molar-refractivity contribution is -0.122. The molecule has 1 spiro atoms. The first kappa shape index (κ1) is 14.3. The second kappa shape index (κ2) is 4.83. The van der Waals surface area contributed by atoms with Crippen molar-refractivity contribution < 1.29 is 14.0 Å². The van der Waals surface area contributed by atoms with E-state index >= 15 is 0 Å². The number of aryl methyl sites for hydroxylation is 1. The summed E-state index contributed by atoms with van der Waals surface area (Å²) in [5.74, 6) is -0.731. The van der Waals surface area contributed by atoms with E-state index in [2.05, 4.69) is 5.32 Å². The van der Waals surface area contributed by atoms with Crippen LogP contribution in [0.4, 0.5) is 15.8 Å². The zero-order valence-corrected chi connectivity index (χ0v) is 13.1. The molecule has 1 N–H and O–H groups in total. The molecule has 1 atom stereocenters. The Kier molecular flexibility index (Phi) is 2.99. The fraction of sp³-hybridized carbons (Fsp3) is 0.176.